The van der Waals surface area contributed by atoms with Gasteiger partial charge in [0.25, 0.3) is 0 Å². The minimum atomic E-state index is 0.639. The summed E-state index contributed by atoms with van der Waals surface area (Å²) >= 11 is 0. The van der Waals surface area contributed by atoms with Gasteiger partial charge in [0.1, 0.15) is 0 Å². The topological polar surface area (TPSA) is 0 Å². The van der Waals surface area contributed by atoms with Crippen molar-refractivity contribution in [3.05, 3.63) is 0 Å². The highest BCUT2D eigenvalue weighted by Crippen LogP contribution is 2.51. The Morgan fingerprint density at radius 3 is 1.60 bits per heavy atom. The fraction of sp³-hybridized carbons (Fsp3) is 1.00. The van der Waals surface area contributed by atoms with Crippen molar-refractivity contribution in [1.82, 2.24) is 0 Å². The van der Waals surface area contributed by atoms with E-state index in [1.807, 2.05) is 0 Å². The molecule has 0 aromatic carbocycles. The molecule has 0 heteroatoms. The Labute approximate surface area is 192 Å². The summed E-state index contributed by atoms with van der Waals surface area (Å²) in [5.74, 6) is 5.54. The zero-order valence-corrected chi connectivity index (χ0v) is 22.6. The van der Waals surface area contributed by atoms with Gasteiger partial charge in [-0.25, -0.2) is 0 Å². The predicted octanol–water partition coefficient (Wildman–Crippen LogP) is 10.7. The molecular weight excluding hydrogens is 360 g/mol. The van der Waals surface area contributed by atoms with Gasteiger partial charge in [-0.15, -0.1) is 0 Å². The van der Waals surface area contributed by atoms with Crippen molar-refractivity contribution >= 4 is 0 Å². The molecule has 0 radical (unpaired) electrons. The maximum absolute atomic E-state index is 2.65. The molecular formula is C30H60. The Hall–Kier alpha value is 0. The molecule has 180 valence electrons. The van der Waals surface area contributed by atoms with E-state index in [1.54, 1.807) is 0 Å². The van der Waals surface area contributed by atoms with Crippen LogP contribution in [0.25, 0.3) is 0 Å². The van der Waals surface area contributed by atoms with Gasteiger partial charge in [-0.2, -0.15) is 0 Å². The van der Waals surface area contributed by atoms with Crippen LogP contribution in [0.4, 0.5) is 0 Å². The molecule has 0 aromatic heterocycles. The lowest BCUT2D eigenvalue weighted by molar-refractivity contribution is 0.136. The lowest BCUT2D eigenvalue weighted by Crippen LogP contribution is -2.27. The molecule has 0 spiro atoms. The van der Waals surface area contributed by atoms with Crippen molar-refractivity contribution < 1.29 is 0 Å². The van der Waals surface area contributed by atoms with Crippen LogP contribution in [0.5, 0.6) is 0 Å². The fourth-order valence-electron chi connectivity index (χ4n) is 6.42. The molecule has 0 bridgehead atoms. The maximum Gasteiger partial charge on any atom is -0.0295 e. The van der Waals surface area contributed by atoms with Crippen molar-refractivity contribution in [2.24, 2.45) is 40.9 Å². The van der Waals surface area contributed by atoms with Crippen LogP contribution in [0.3, 0.4) is 0 Å². The Balaban J connectivity index is 2.28. The number of hydrogen-bond donors (Lipinski definition) is 0. The summed E-state index contributed by atoms with van der Waals surface area (Å²) in [5.41, 5.74) is 0.639. The van der Waals surface area contributed by atoms with Gasteiger partial charge in [-0.05, 0) is 60.2 Å². The second kappa shape index (κ2) is 14.9. The second-order valence-electron chi connectivity index (χ2n) is 12.8. The van der Waals surface area contributed by atoms with E-state index in [4.69, 9.17) is 0 Å². The molecule has 0 heterocycles. The Kier molecular flexibility index (Phi) is 14.0. The zero-order chi connectivity index (χ0) is 22.6. The van der Waals surface area contributed by atoms with Crippen molar-refractivity contribution in [2.75, 3.05) is 0 Å². The Bertz CT molecular complexity index is 408. The quantitative estimate of drug-likeness (QED) is 0.219. The highest BCUT2D eigenvalue weighted by Gasteiger charge is 2.40. The fourth-order valence-corrected chi connectivity index (χ4v) is 6.42. The summed E-state index contributed by atoms with van der Waals surface area (Å²) in [4.78, 5) is 0. The molecule has 5 atom stereocenters. The third-order valence-corrected chi connectivity index (χ3v) is 8.60. The maximum atomic E-state index is 2.65. The summed E-state index contributed by atoms with van der Waals surface area (Å²) in [5, 5.41) is 0. The van der Waals surface area contributed by atoms with E-state index in [2.05, 4.69) is 55.4 Å². The first-order valence-electron chi connectivity index (χ1n) is 14.1. The van der Waals surface area contributed by atoms with E-state index in [-0.39, 0.29) is 0 Å². The zero-order valence-electron chi connectivity index (χ0n) is 22.6. The van der Waals surface area contributed by atoms with Crippen molar-refractivity contribution in [3.8, 4) is 0 Å². The van der Waals surface area contributed by atoms with E-state index in [9.17, 15) is 0 Å². The van der Waals surface area contributed by atoms with E-state index >= 15 is 0 Å². The van der Waals surface area contributed by atoms with Crippen LogP contribution >= 0.6 is 0 Å². The standard InChI is InChI=1S/C30H60/c1-24(2)14-9-16-26(5)18-11-20-28(7)29-21-13-23-30(29,8)22-12-19-27(6)17-10-15-25(3)4/h24-29H,9-23H2,1-8H3. The van der Waals surface area contributed by atoms with Gasteiger partial charge in [0.05, 0.1) is 0 Å². The molecule has 1 saturated carbocycles. The SMILES string of the molecule is CC(C)CCCC(C)CCCC(C)C1CCCC1(C)CCCC(C)CCCC(C)C. The van der Waals surface area contributed by atoms with Crippen LogP contribution < -0.4 is 0 Å². The third kappa shape index (κ3) is 11.6. The van der Waals surface area contributed by atoms with Gasteiger partial charge >= 0.3 is 0 Å². The molecule has 0 nitrogen and oxygen atoms in total. The summed E-state index contributed by atoms with van der Waals surface area (Å²) in [7, 11) is 0. The molecule has 1 aliphatic carbocycles. The van der Waals surface area contributed by atoms with E-state index in [0.29, 0.717) is 5.41 Å². The van der Waals surface area contributed by atoms with E-state index in [1.165, 1.54) is 96.3 Å². The first-order chi connectivity index (χ1) is 14.1. The lowest BCUT2D eigenvalue weighted by atomic mass is 9.69. The van der Waals surface area contributed by atoms with Crippen LogP contribution in [-0.2, 0) is 0 Å². The molecule has 1 fully saturated rings. The molecule has 0 N–H and O–H groups in total. The lowest BCUT2D eigenvalue weighted by Gasteiger charge is -2.36. The molecule has 5 unspecified atom stereocenters. The summed E-state index contributed by atoms with van der Waals surface area (Å²) in [6, 6.07) is 0. The highest BCUT2D eigenvalue weighted by atomic mass is 14.5. The van der Waals surface area contributed by atoms with E-state index < -0.39 is 0 Å². The van der Waals surface area contributed by atoms with Gasteiger partial charge in [-0.1, -0.05) is 132 Å². The predicted molar refractivity (Wildman–Crippen MR) is 138 cm³/mol. The average Bonchev–Trinajstić information content (AvgIpc) is 3.02. The van der Waals surface area contributed by atoms with Crippen LogP contribution in [0, 0.1) is 40.9 Å². The monoisotopic (exact) mass is 420 g/mol. The van der Waals surface area contributed by atoms with Gasteiger partial charge < -0.3 is 0 Å². The molecule has 0 aromatic rings. The second-order valence-corrected chi connectivity index (χ2v) is 12.8. The summed E-state index contributed by atoms with van der Waals surface area (Å²) in [6.45, 7) is 19.7. The van der Waals surface area contributed by atoms with Crippen LogP contribution in [-0.4, -0.2) is 0 Å². The largest absolute Gasteiger partial charge is 0.0628 e. The Morgan fingerprint density at radius 2 is 1.10 bits per heavy atom. The molecule has 1 aliphatic rings. The molecule has 30 heavy (non-hydrogen) atoms. The van der Waals surface area contributed by atoms with Crippen LogP contribution in [0.1, 0.15) is 152 Å². The minimum Gasteiger partial charge on any atom is -0.0628 e. The Morgan fingerprint density at radius 1 is 0.633 bits per heavy atom. The number of hydrogen-bond acceptors (Lipinski definition) is 0. The van der Waals surface area contributed by atoms with Gasteiger partial charge in [0.15, 0.2) is 0 Å². The third-order valence-electron chi connectivity index (χ3n) is 8.60. The highest BCUT2D eigenvalue weighted by molar-refractivity contribution is 4.91. The van der Waals surface area contributed by atoms with Gasteiger partial charge in [0, 0.05) is 0 Å². The van der Waals surface area contributed by atoms with E-state index in [0.717, 1.165) is 35.5 Å². The van der Waals surface area contributed by atoms with Crippen LogP contribution in [0.15, 0.2) is 0 Å². The van der Waals surface area contributed by atoms with Crippen molar-refractivity contribution in [3.63, 3.8) is 0 Å². The van der Waals surface area contributed by atoms with Gasteiger partial charge in [-0.3, -0.25) is 0 Å². The number of rotatable bonds is 17. The minimum absolute atomic E-state index is 0.639. The smallest absolute Gasteiger partial charge is 0.0295 e. The van der Waals surface area contributed by atoms with Crippen molar-refractivity contribution in [1.29, 1.82) is 0 Å². The summed E-state index contributed by atoms with van der Waals surface area (Å²) < 4.78 is 0. The first kappa shape index (κ1) is 28.0. The van der Waals surface area contributed by atoms with Gasteiger partial charge in [0.2, 0.25) is 0 Å². The normalized spacial score (nSPS) is 25.2. The molecule has 0 aliphatic heterocycles. The first-order valence-corrected chi connectivity index (χ1v) is 14.1. The van der Waals surface area contributed by atoms with Crippen LogP contribution in [0.2, 0.25) is 0 Å². The molecule has 0 amide bonds. The molecule has 1 rings (SSSR count). The average molecular weight is 421 g/mol. The summed E-state index contributed by atoms with van der Waals surface area (Å²) in [6.07, 6.45) is 21.9. The van der Waals surface area contributed by atoms with Crippen molar-refractivity contribution in [2.45, 2.75) is 152 Å². The molecule has 0 saturated heterocycles.